The molecule has 2 rings (SSSR count). The lowest BCUT2D eigenvalue weighted by molar-refractivity contribution is -0.137. The Morgan fingerprint density at radius 1 is 1.18 bits per heavy atom. The number of nitrogens with zero attached hydrogens (tertiary/aromatic N) is 3. The van der Waals surface area contributed by atoms with Gasteiger partial charge in [0.25, 0.3) is 0 Å². The van der Waals surface area contributed by atoms with E-state index in [9.17, 15) is 9.59 Å². The number of carboxylic acids is 1. The maximum absolute atomic E-state index is 12.3. The molecule has 1 aromatic carbocycles. The number of hydrogen-bond acceptors (Lipinski definition) is 4. The molecular formula is C20H31N3O4Si. The van der Waals surface area contributed by atoms with Crippen LogP contribution in [0.25, 0.3) is 10.9 Å². The maximum Gasteiger partial charge on any atom is 0.424 e. The second-order valence-electron chi connectivity index (χ2n) is 8.25. The van der Waals surface area contributed by atoms with Crippen molar-refractivity contribution in [2.75, 3.05) is 20.7 Å². The molecule has 8 heteroatoms. The first-order valence-corrected chi connectivity index (χ1v) is 13.2. The van der Waals surface area contributed by atoms with Gasteiger partial charge in [0.05, 0.1) is 19.6 Å². The number of carbonyl (C=O) groups excluding carboxylic acids is 1. The summed E-state index contributed by atoms with van der Waals surface area (Å²) in [6.45, 7) is 8.02. The quantitative estimate of drug-likeness (QED) is 0.506. The smallest absolute Gasteiger partial charge is 0.424 e. The first-order valence-electron chi connectivity index (χ1n) is 9.49. The van der Waals surface area contributed by atoms with Gasteiger partial charge in [-0.1, -0.05) is 37.8 Å². The molecule has 0 unspecified atom stereocenters. The van der Waals surface area contributed by atoms with Gasteiger partial charge in [0.2, 0.25) is 0 Å². The van der Waals surface area contributed by atoms with Gasteiger partial charge in [-0.25, -0.2) is 14.8 Å². The Morgan fingerprint density at radius 2 is 1.86 bits per heavy atom. The number of ether oxygens (including phenoxy) is 1. The van der Waals surface area contributed by atoms with Crippen LogP contribution in [0.15, 0.2) is 30.3 Å². The van der Waals surface area contributed by atoms with Gasteiger partial charge in [-0.05, 0) is 23.6 Å². The molecule has 28 heavy (non-hydrogen) atoms. The molecular weight excluding hydrogens is 374 g/mol. The zero-order chi connectivity index (χ0) is 20.9. The zero-order valence-electron chi connectivity index (χ0n) is 17.4. The van der Waals surface area contributed by atoms with Crippen molar-refractivity contribution < 1.29 is 19.4 Å². The molecule has 1 N–H and O–H groups in total. The predicted octanol–water partition coefficient (Wildman–Crippen LogP) is 3.87. The second kappa shape index (κ2) is 9.25. The first kappa shape index (κ1) is 22.0. The highest BCUT2D eigenvalue weighted by atomic mass is 28.3. The third-order valence-corrected chi connectivity index (χ3v) is 6.39. The van der Waals surface area contributed by atoms with Crippen molar-refractivity contribution in [3.05, 3.63) is 36.0 Å². The number of benzene rings is 1. The molecule has 0 aliphatic rings. The van der Waals surface area contributed by atoms with Crippen molar-refractivity contribution in [2.45, 2.75) is 45.2 Å². The number of carbonyl (C=O) groups is 2. The number of carboxylic acid groups (broad SMARTS) is 1. The van der Waals surface area contributed by atoms with Gasteiger partial charge < -0.3 is 14.4 Å². The Labute approximate surface area is 167 Å². The lowest BCUT2D eigenvalue weighted by atomic mass is 10.2. The average molecular weight is 406 g/mol. The van der Waals surface area contributed by atoms with E-state index in [1.807, 2.05) is 41.9 Å². The molecule has 1 aromatic heterocycles. The van der Waals surface area contributed by atoms with Crippen LogP contribution in [0.3, 0.4) is 0 Å². The normalized spacial score (nSPS) is 11.8. The number of rotatable bonds is 9. The number of aromatic nitrogens is 1. The van der Waals surface area contributed by atoms with E-state index in [2.05, 4.69) is 19.6 Å². The van der Waals surface area contributed by atoms with Crippen molar-refractivity contribution in [1.29, 1.82) is 0 Å². The van der Waals surface area contributed by atoms with Crippen molar-refractivity contribution in [3.8, 4) is 0 Å². The predicted molar refractivity (Wildman–Crippen MR) is 113 cm³/mol. The Hall–Kier alpha value is -2.32. The number of hydrogen-bond donors (Lipinski definition) is 1. The summed E-state index contributed by atoms with van der Waals surface area (Å²) in [4.78, 5) is 23.4. The summed E-state index contributed by atoms with van der Waals surface area (Å²) in [5, 5.41) is 13.4. The Bertz CT molecular complexity index is 828. The van der Waals surface area contributed by atoms with Crippen LogP contribution >= 0.6 is 0 Å². The highest BCUT2D eigenvalue weighted by molar-refractivity contribution is 6.76. The van der Waals surface area contributed by atoms with Crippen LogP contribution < -0.4 is 0 Å². The third kappa shape index (κ3) is 6.10. The molecule has 0 aliphatic carbocycles. The molecule has 0 saturated carbocycles. The largest absolute Gasteiger partial charge is 0.481 e. The van der Waals surface area contributed by atoms with E-state index in [0.717, 1.165) is 22.6 Å². The minimum Gasteiger partial charge on any atom is -0.481 e. The fraction of sp³-hybridized carbons (Fsp3) is 0.500. The van der Waals surface area contributed by atoms with E-state index >= 15 is 0 Å². The number of hydrazine groups is 1. The third-order valence-electron chi connectivity index (χ3n) is 4.69. The van der Waals surface area contributed by atoms with Gasteiger partial charge in [-0.3, -0.25) is 4.79 Å². The summed E-state index contributed by atoms with van der Waals surface area (Å²) in [7, 11) is 2.25. The monoisotopic (exact) mass is 405 g/mol. The van der Waals surface area contributed by atoms with Gasteiger partial charge in [0.1, 0.15) is 0 Å². The summed E-state index contributed by atoms with van der Waals surface area (Å²) in [6.07, 6.45) is -0.335. The van der Waals surface area contributed by atoms with E-state index < -0.39 is 14.0 Å². The Balaban J connectivity index is 2.08. The van der Waals surface area contributed by atoms with E-state index in [1.165, 1.54) is 5.01 Å². The maximum atomic E-state index is 12.3. The molecule has 0 fully saturated rings. The lowest BCUT2D eigenvalue weighted by Gasteiger charge is -2.28. The molecule has 0 radical (unpaired) electrons. The Kier molecular flexibility index (Phi) is 7.26. The Morgan fingerprint density at radius 3 is 2.50 bits per heavy atom. The van der Waals surface area contributed by atoms with E-state index in [0.29, 0.717) is 19.7 Å². The van der Waals surface area contributed by atoms with E-state index in [-0.39, 0.29) is 12.5 Å². The second-order valence-corrected chi connectivity index (χ2v) is 13.9. The van der Waals surface area contributed by atoms with Gasteiger partial charge >= 0.3 is 12.1 Å². The van der Waals surface area contributed by atoms with Gasteiger partial charge in [-0.2, -0.15) is 0 Å². The van der Waals surface area contributed by atoms with Crippen molar-refractivity contribution >= 4 is 31.0 Å². The highest BCUT2D eigenvalue weighted by Crippen LogP contribution is 2.22. The van der Waals surface area contributed by atoms with E-state index in [4.69, 9.17) is 9.84 Å². The molecule has 154 valence electrons. The summed E-state index contributed by atoms with van der Waals surface area (Å²) < 4.78 is 7.41. The molecule has 0 bridgehead atoms. The molecule has 0 aliphatic heterocycles. The number of fused-ring (bicyclic) bond motifs is 1. The summed E-state index contributed by atoms with van der Waals surface area (Å²) in [5.74, 6) is -0.833. The molecule has 1 amide bonds. The van der Waals surface area contributed by atoms with Gasteiger partial charge in [0.15, 0.2) is 0 Å². The lowest BCUT2D eigenvalue weighted by Crippen LogP contribution is -2.41. The number of aryl methyl sites for hydroxylation is 1. The van der Waals surface area contributed by atoms with Crippen molar-refractivity contribution in [2.24, 2.45) is 0 Å². The van der Waals surface area contributed by atoms with Crippen LogP contribution in [0.4, 0.5) is 4.79 Å². The molecule has 0 spiro atoms. The van der Waals surface area contributed by atoms with Gasteiger partial charge in [0, 0.05) is 39.9 Å². The average Bonchev–Trinajstić information content (AvgIpc) is 2.94. The fourth-order valence-corrected chi connectivity index (χ4v) is 3.60. The number of aliphatic carboxylic acids is 1. The van der Waals surface area contributed by atoms with E-state index in [1.54, 1.807) is 12.1 Å². The van der Waals surface area contributed by atoms with Crippen LogP contribution in [0, 0.1) is 0 Å². The molecule has 1 heterocycles. The summed E-state index contributed by atoms with van der Waals surface area (Å²) in [6, 6.07) is 10.9. The van der Waals surface area contributed by atoms with Crippen molar-refractivity contribution in [3.63, 3.8) is 0 Å². The molecule has 0 atom stereocenters. The first-order chi connectivity index (χ1) is 13.1. The van der Waals surface area contributed by atoms with Crippen molar-refractivity contribution in [1.82, 2.24) is 14.6 Å². The van der Waals surface area contributed by atoms with Crippen LogP contribution in [0.2, 0.25) is 25.7 Å². The number of amides is 1. The van der Waals surface area contributed by atoms with Crippen LogP contribution in [0.5, 0.6) is 0 Å². The minimum atomic E-state index is -1.25. The molecule has 2 aromatic rings. The summed E-state index contributed by atoms with van der Waals surface area (Å²) >= 11 is 0. The van der Waals surface area contributed by atoms with Crippen LogP contribution in [-0.4, -0.2) is 60.5 Å². The van der Waals surface area contributed by atoms with Crippen LogP contribution in [0.1, 0.15) is 12.1 Å². The van der Waals surface area contributed by atoms with Crippen LogP contribution in [-0.2, 0) is 22.6 Å². The molecule has 0 saturated heterocycles. The fourth-order valence-electron chi connectivity index (χ4n) is 2.89. The standard InChI is InChI=1S/C20H31N3O4Si/c1-21(22(2)20(26)27-12-13-28(3,4)5)15-17-14-16-8-6-7-9-18(16)23(17)11-10-19(24)25/h6-9,14H,10-13,15H2,1-5H3,(H,24,25). The van der Waals surface area contributed by atoms with Gasteiger partial charge in [-0.15, -0.1) is 0 Å². The topological polar surface area (TPSA) is 75.0 Å². The SMILES string of the molecule is CN(Cc1cc2ccccc2n1CCC(=O)O)N(C)C(=O)OCC[Si](C)(C)C. The molecule has 7 nitrogen and oxygen atoms in total. The summed E-state index contributed by atoms with van der Waals surface area (Å²) in [5.41, 5.74) is 1.94. The minimum absolute atomic E-state index is 0.0456. The zero-order valence-corrected chi connectivity index (χ0v) is 18.4. The highest BCUT2D eigenvalue weighted by Gasteiger charge is 2.20. The number of para-hydroxylation sites is 1.